The fraction of sp³-hybridized carbons (Fsp3) is 0.684. The van der Waals surface area contributed by atoms with Crippen molar-refractivity contribution in [3.63, 3.8) is 0 Å². The lowest BCUT2D eigenvalue weighted by molar-refractivity contribution is 0.0459. The van der Waals surface area contributed by atoms with Crippen LogP contribution in [0, 0.1) is 18.7 Å². The van der Waals surface area contributed by atoms with Crippen LogP contribution in [-0.4, -0.2) is 61.8 Å². The molecule has 0 amide bonds. The molecule has 0 aromatic heterocycles. The van der Waals surface area contributed by atoms with Gasteiger partial charge in [-0.1, -0.05) is 19.9 Å². The maximum atomic E-state index is 13.8. The molecular formula is C19H29FN2O3S. The van der Waals surface area contributed by atoms with Gasteiger partial charge in [-0.15, -0.1) is 0 Å². The second kappa shape index (κ2) is 7.92. The van der Waals surface area contributed by atoms with Crippen LogP contribution in [0.25, 0.3) is 0 Å². The minimum absolute atomic E-state index is 0.0136. The highest BCUT2D eigenvalue weighted by Crippen LogP contribution is 2.27. The lowest BCUT2D eigenvalue weighted by Crippen LogP contribution is -2.45. The van der Waals surface area contributed by atoms with Gasteiger partial charge in [-0.25, -0.2) is 12.8 Å². The van der Waals surface area contributed by atoms with Crippen LogP contribution in [-0.2, 0) is 21.3 Å². The second-order valence-electron chi connectivity index (χ2n) is 7.92. The molecule has 5 nitrogen and oxygen atoms in total. The summed E-state index contributed by atoms with van der Waals surface area (Å²) in [5, 5.41) is 0. The van der Waals surface area contributed by atoms with Crippen molar-refractivity contribution in [1.82, 2.24) is 9.21 Å². The van der Waals surface area contributed by atoms with Crippen molar-refractivity contribution in [2.45, 2.75) is 45.9 Å². The molecule has 2 atom stereocenters. The summed E-state index contributed by atoms with van der Waals surface area (Å²) in [6.07, 6.45) is 0.962. The van der Waals surface area contributed by atoms with Gasteiger partial charge in [0, 0.05) is 19.6 Å². The Morgan fingerprint density at radius 1 is 1.27 bits per heavy atom. The molecule has 2 aliphatic heterocycles. The van der Waals surface area contributed by atoms with E-state index in [9.17, 15) is 12.8 Å². The Morgan fingerprint density at radius 2 is 2.04 bits per heavy atom. The zero-order chi connectivity index (χ0) is 18.9. The van der Waals surface area contributed by atoms with Crippen LogP contribution in [0.2, 0.25) is 0 Å². The minimum atomic E-state index is -3.43. The topological polar surface area (TPSA) is 49.9 Å². The molecule has 3 rings (SSSR count). The van der Waals surface area contributed by atoms with Gasteiger partial charge in [-0.2, -0.15) is 4.31 Å². The third-order valence-corrected chi connectivity index (χ3v) is 6.97. The minimum Gasteiger partial charge on any atom is -0.374 e. The number of fused-ring (bicyclic) bond motifs is 1. The van der Waals surface area contributed by atoms with E-state index in [4.69, 9.17) is 4.74 Å². The summed E-state index contributed by atoms with van der Waals surface area (Å²) in [5.74, 6) is 0.266. The van der Waals surface area contributed by atoms with Crippen LogP contribution >= 0.6 is 0 Å². The average molecular weight is 385 g/mol. The summed E-state index contributed by atoms with van der Waals surface area (Å²) in [7, 11) is -3.43. The number of nitrogens with zero attached hydrogens (tertiary/aromatic N) is 2. The SMILES string of the molecule is Cc1cc(F)cc(CN2[C@@H]3CN(CCC(C)C)C[C@@H]3OCCS2(=O)=O)c1. The monoisotopic (exact) mass is 384 g/mol. The number of benzene rings is 1. The van der Waals surface area contributed by atoms with E-state index < -0.39 is 10.0 Å². The first kappa shape index (κ1) is 19.7. The number of sulfonamides is 1. The molecule has 2 heterocycles. The first-order valence-corrected chi connectivity index (χ1v) is 10.9. The fourth-order valence-electron chi connectivity index (χ4n) is 3.82. The predicted molar refractivity (Wildman–Crippen MR) is 99.9 cm³/mol. The van der Waals surface area contributed by atoms with E-state index in [-0.39, 0.29) is 36.9 Å². The van der Waals surface area contributed by atoms with Gasteiger partial charge < -0.3 is 4.74 Å². The van der Waals surface area contributed by atoms with E-state index >= 15 is 0 Å². The zero-order valence-electron chi connectivity index (χ0n) is 15.8. The van der Waals surface area contributed by atoms with Gasteiger partial charge in [0.2, 0.25) is 10.0 Å². The van der Waals surface area contributed by atoms with Crippen LogP contribution in [0.5, 0.6) is 0 Å². The molecule has 0 aliphatic carbocycles. The van der Waals surface area contributed by atoms with Crippen LogP contribution in [0.4, 0.5) is 4.39 Å². The molecule has 0 bridgehead atoms. The lowest BCUT2D eigenvalue weighted by Gasteiger charge is -2.28. The second-order valence-corrected chi connectivity index (χ2v) is 9.96. The Morgan fingerprint density at radius 3 is 2.73 bits per heavy atom. The highest BCUT2D eigenvalue weighted by Gasteiger charge is 2.44. The van der Waals surface area contributed by atoms with Crippen LogP contribution < -0.4 is 0 Å². The highest BCUT2D eigenvalue weighted by molar-refractivity contribution is 7.89. The van der Waals surface area contributed by atoms with Crippen molar-refractivity contribution in [2.24, 2.45) is 5.92 Å². The Labute approximate surface area is 156 Å². The summed E-state index contributed by atoms with van der Waals surface area (Å²) in [6.45, 7) is 8.99. The van der Waals surface area contributed by atoms with Crippen LogP contribution in [0.3, 0.4) is 0 Å². The molecule has 2 fully saturated rings. The van der Waals surface area contributed by atoms with E-state index in [0.717, 1.165) is 25.1 Å². The molecule has 0 radical (unpaired) electrons. The largest absolute Gasteiger partial charge is 0.374 e. The Hall–Kier alpha value is -1.02. The number of ether oxygens (including phenoxy) is 1. The zero-order valence-corrected chi connectivity index (χ0v) is 16.6. The number of rotatable bonds is 5. The molecule has 0 spiro atoms. The van der Waals surface area contributed by atoms with Crippen molar-refractivity contribution in [3.05, 3.63) is 35.1 Å². The van der Waals surface area contributed by atoms with Crippen molar-refractivity contribution < 1.29 is 17.5 Å². The predicted octanol–water partition coefficient (Wildman–Crippen LogP) is 2.40. The van der Waals surface area contributed by atoms with Crippen molar-refractivity contribution >= 4 is 10.0 Å². The quantitative estimate of drug-likeness (QED) is 0.782. The smallest absolute Gasteiger partial charge is 0.217 e. The molecule has 0 unspecified atom stereocenters. The number of likely N-dealkylation sites (tertiary alicyclic amines) is 1. The van der Waals surface area contributed by atoms with E-state index in [1.165, 1.54) is 12.1 Å². The van der Waals surface area contributed by atoms with E-state index in [2.05, 4.69) is 18.7 Å². The number of hydrogen-bond donors (Lipinski definition) is 0. The Balaban J connectivity index is 1.82. The van der Waals surface area contributed by atoms with Gasteiger partial charge >= 0.3 is 0 Å². The fourth-order valence-corrected chi connectivity index (χ4v) is 5.33. The third-order valence-electron chi connectivity index (χ3n) is 5.18. The molecule has 2 aliphatic rings. The van der Waals surface area contributed by atoms with Crippen molar-refractivity contribution in [2.75, 3.05) is 32.0 Å². The maximum Gasteiger partial charge on any atom is 0.217 e. The average Bonchev–Trinajstić information content (AvgIpc) is 2.87. The maximum absolute atomic E-state index is 13.8. The van der Waals surface area contributed by atoms with Gasteiger partial charge in [0.15, 0.2) is 0 Å². The Bertz CT molecular complexity index is 718. The number of hydrogen-bond acceptors (Lipinski definition) is 4. The first-order valence-electron chi connectivity index (χ1n) is 9.34. The number of halogens is 1. The number of aryl methyl sites for hydroxylation is 1. The molecule has 146 valence electrons. The summed E-state index contributed by atoms with van der Waals surface area (Å²) in [5.41, 5.74) is 1.48. The first-order chi connectivity index (χ1) is 12.2. The summed E-state index contributed by atoms with van der Waals surface area (Å²) >= 11 is 0. The molecule has 1 aromatic rings. The summed E-state index contributed by atoms with van der Waals surface area (Å²) in [6, 6.07) is 4.52. The molecule has 7 heteroatoms. The Kier molecular flexibility index (Phi) is 6.01. The van der Waals surface area contributed by atoms with E-state index in [0.29, 0.717) is 18.0 Å². The summed E-state index contributed by atoms with van der Waals surface area (Å²) < 4.78 is 46.8. The molecule has 26 heavy (non-hydrogen) atoms. The van der Waals surface area contributed by atoms with Gasteiger partial charge in [-0.05, 0) is 49.1 Å². The van der Waals surface area contributed by atoms with Gasteiger partial charge in [0.1, 0.15) is 5.82 Å². The summed E-state index contributed by atoms with van der Waals surface area (Å²) in [4.78, 5) is 2.29. The van der Waals surface area contributed by atoms with Crippen molar-refractivity contribution in [1.29, 1.82) is 0 Å². The third kappa shape index (κ3) is 4.63. The molecule has 0 saturated carbocycles. The van der Waals surface area contributed by atoms with Crippen LogP contribution in [0.15, 0.2) is 18.2 Å². The molecule has 1 aromatic carbocycles. The van der Waals surface area contributed by atoms with Gasteiger partial charge in [0.25, 0.3) is 0 Å². The molecular weight excluding hydrogens is 355 g/mol. The lowest BCUT2D eigenvalue weighted by atomic mass is 10.1. The molecule has 0 N–H and O–H groups in total. The van der Waals surface area contributed by atoms with E-state index in [1.54, 1.807) is 4.31 Å². The van der Waals surface area contributed by atoms with E-state index in [1.807, 2.05) is 13.0 Å². The molecule has 2 saturated heterocycles. The standard InChI is InChI=1S/C19H29FN2O3S/c1-14(2)4-5-21-12-18-19(13-21)25-6-7-26(23,24)22(18)11-16-8-15(3)9-17(20)10-16/h8-10,14,18-19H,4-7,11-13H2,1-3H3/t18-,19+/m1/s1. The van der Waals surface area contributed by atoms with Crippen LogP contribution in [0.1, 0.15) is 31.4 Å². The van der Waals surface area contributed by atoms with Crippen molar-refractivity contribution in [3.8, 4) is 0 Å². The van der Waals surface area contributed by atoms with Gasteiger partial charge in [0.05, 0.1) is 24.5 Å². The highest BCUT2D eigenvalue weighted by atomic mass is 32.2. The normalized spacial score (nSPS) is 26.8. The van der Waals surface area contributed by atoms with Gasteiger partial charge in [-0.3, -0.25) is 4.90 Å².